The molecule has 0 saturated carbocycles. The quantitative estimate of drug-likeness (QED) is 0.691. The minimum Gasteiger partial charge on any atom is -0.421 e. The molecule has 1 N–H and O–H groups in total. The highest BCUT2D eigenvalue weighted by Gasteiger charge is 2.12. The maximum absolute atomic E-state index is 12.8. The molecule has 20 heavy (non-hydrogen) atoms. The summed E-state index contributed by atoms with van der Waals surface area (Å²) in [5.74, 6) is -1.09. The molecular weight excluding hydrogens is 261 g/mol. The molecule has 2 rings (SSSR count). The number of carbonyl (C=O) groups excluding carboxylic acids is 2. The number of halogens is 1. The van der Waals surface area contributed by atoms with Crippen molar-refractivity contribution in [2.24, 2.45) is 0 Å². The third-order valence-electron chi connectivity index (χ3n) is 2.48. The molecule has 0 saturated heterocycles. The molecule has 0 aliphatic rings. The van der Waals surface area contributed by atoms with Gasteiger partial charge < -0.3 is 10.1 Å². The van der Waals surface area contributed by atoms with Crippen LogP contribution in [0.2, 0.25) is 0 Å². The van der Waals surface area contributed by atoms with Gasteiger partial charge in [0.25, 0.3) is 0 Å². The zero-order chi connectivity index (χ0) is 14.5. The molecule has 2 aromatic rings. The van der Waals surface area contributed by atoms with Gasteiger partial charge >= 0.3 is 5.97 Å². The number of nitrogens with one attached hydrogen (secondary N) is 1. The lowest BCUT2D eigenvalue weighted by Crippen LogP contribution is -2.12. The lowest BCUT2D eigenvalue weighted by atomic mass is 10.2. The van der Waals surface area contributed by atoms with Gasteiger partial charge in [0.1, 0.15) is 5.82 Å². The molecule has 0 fully saturated rings. The van der Waals surface area contributed by atoms with Crippen molar-refractivity contribution >= 4 is 17.6 Å². The first kappa shape index (κ1) is 13.7. The van der Waals surface area contributed by atoms with Gasteiger partial charge in [-0.25, -0.2) is 9.18 Å². The maximum Gasteiger partial charge on any atom is 0.343 e. The summed E-state index contributed by atoms with van der Waals surface area (Å²) in [6, 6.07) is 11.6. The molecule has 2 aromatic carbocycles. The second kappa shape index (κ2) is 5.97. The molecule has 0 aromatic heterocycles. The van der Waals surface area contributed by atoms with Crippen molar-refractivity contribution in [3.05, 3.63) is 59.9 Å². The largest absolute Gasteiger partial charge is 0.421 e. The van der Waals surface area contributed by atoms with Gasteiger partial charge in [0.2, 0.25) is 5.91 Å². The summed E-state index contributed by atoms with van der Waals surface area (Å²) in [7, 11) is 0. The average molecular weight is 273 g/mol. The van der Waals surface area contributed by atoms with Crippen LogP contribution in [0, 0.1) is 5.82 Å². The predicted octanol–water partition coefficient (Wildman–Crippen LogP) is 3.00. The van der Waals surface area contributed by atoms with Crippen LogP contribution in [-0.2, 0) is 4.79 Å². The van der Waals surface area contributed by atoms with Crippen LogP contribution in [0.15, 0.2) is 48.5 Å². The van der Waals surface area contributed by atoms with Crippen molar-refractivity contribution in [2.75, 3.05) is 5.32 Å². The van der Waals surface area contributed by atoms with Gasteiger partial charge in [0.15, 0.2) is 5.75 Å². The number of ether oxygens (including phenoxy) is 1. The van der Waals surface area contributed by atoms with E-state index in [9.17, 15) is 14.0 Å². The van der Waals surface area contributed by atoms with Crippen LogP contribution in [0.25, 0.3) is 0 Å². The van der Waals surface area contributed by atoms with Crippen LogP contribution in [0.1, 0.15) is 17.3 Å². The fraction of sp³-hybridized carbons (Fsp3) is 0.0667. The van der Waals surface area contributed by atoms with Crippen molar-refractivity contribution in [3.63, 3.8) is 0 Å². The van der Waals surface area contributed by atoms with Gasteiger partial charge in [-0.05, 0) is 36.4 Å². The Balaban J connectivity index is 2.19. The lowest BCUT2D eigenvalue weighted by Gasteiger charge is -2.10. The highest BCUT2D eigenvalue weighted by Crippen LogP contribution is 2.24. The van der Waals surface area contributed by atoms with Crippen LogP contribution in [0.3, 0.4) is 0 Å². The first-order valence-corrected chi connectivity index (χ1v) is 5.90. The second-order valence-electron chi connectivity index (χ2n) is 4.07. The Morgan fingerprint density at radius 2 is 1.70 bits per heavy atom. The van der Waals surface area contributed by atoms with Gasteiger partial charge in [-0.1, -0.05) is 12.1 Å². The Labute approximate surface area is 115 Å². The number of esters is 1. The van der Waals surface area contributed by atoms with Crippen molar-refractivity contribution in [3.8, 4) is 5.75 Å². The Kier molecular flexibility index (Phi) is 4.10. The van der Waals surface area contributed by atoms with E-state index in [4.69, 9.17) is 4.74 Å². The van der Waals surface area contributed by atoms with Crippen molar-refractivity contribution in [2.45, 2.75) is 6.92 Å². The number of hydrogen-bond donors (Lipinski definition) is 1. The summed E-state index contributed by atoms with van der Waals surface area (Å²) in [5.41, 5.74) is 0.625. The van der Waals surface area contributed by atoms with Gasteiger partial charge in [0.05, 0.1) is 11.3 Å². The Bertz CT molecular complexity index is 638. The van der Waals surface area contributed by atoms with Gasteiger partial charge in [0, 0.05) is 6.92 Å². The lowest BCUT2D eigenvalue weighted by molar-refractivity contribution is -0.114. The smallest absolute Gasteiger partial charge is 0.343 e. The highest BCUT2D eigenvalue weighted by atomic mass is 19.1. The fourth-order valence-electron chi connectivity index (χ4n) is 1.59. The molecular formula is C15H12FNO3. The van der Waals surface area contributed by atoms with E-state index in [0.717, 1.165) is 0 Å². The molecule has 4 nitrogen and oxygen atoms in total. The molecule has 0 spiro atoms. The summed E-state index contributed by atoms with van der Waals surface area (Å²) in [6.07, 6.45) is 0. The van der Waals surface area contributed by atoms with E-state index < -0.39 is 11.8 Å². The summed E-state index contributed by atoms with van der Waals surface area (Å²) in [6.45, 7) is 1.36. The van der Waals surface area contributed by atoms with E-state index in [1.54, 1.807) is 24.3 Å². The third kappa shape index (κ3) is 3.41. The van der Waals surface area contributed by atoms with E-state index in [1.165, 1.54) is 31.2 Å². The summed E-state index contributed by atoms with van der Waals surface area (Å²) in [5, 5.41) is 2.56. The molecule has 0 bridgehead atoms. The van der Waals surface area contributed by atoms with E-state index in [2.05, 4.69) is 5.32 Å². The number of rotatable bonds is 3. The number of hydrogen-bond acceptors (Lipinski definition) is 3. The summed E-state index contributed by atoms with van der Waals surface area (Å²) < 4.78 is 18.0. The number of para-hydroxylation sites is 2. The number of benzene rings is 2. The van der Waals surface area contributed by atoms with Crippen molar-refractivity contribution in [1.29, 1.82) is 0 Å². The van der Waals surface area contributed by atoms with Crippen LogP contribution in [0.5, 0.6) is 5.75 Å². The van der Waals surface area contributed by atoms with E-state index in [1.807, 2.05) is 0 Å². The minimum atomic E-state index is -0.622. The zero-order valence-corrected chi connectivity index (χ0v) is 10.7. The Hall–Kier alpha value is -2.69. The zero-order valence-electron chi connectivity index (χ0n) is 10.7. The van der Waals surface area contributed by atoms with Gasteiger partial charge in [-0.15, -0.1) is 0 Å². The Morgan fingerprint density at radius 1 is 1.05 bits per heavy atom. The fourth-order valence-corrected chi connectivity index (χ4v) is 1.59. The van der Waals surface area contributed by atoms with Crippen LogP contribution in [0.4, 0.5) is 10.1 Å². The highest BCUT2D eigenvalue weighted by molar-refractivity contribution is 5.94. The van der Waals surface area contributed by atoms with E-state index in [0.29, 0.717) is 5.69 Å². The van der Waals surface area contributed by atoms with Gasteiger partial charge in [-0.3, -0.25) is 4.79 Å². The monoisotopic (exact) mass is 273 g/mol. The first-order chi connectivity index (χ1) is 9.56. The predicted molar refractivity (Wildman–Crippen MR) is 72.1 cm³/mol. The maximum atomic E-state index is 12.8. The Morgan fingerprint density at radius 3 is 2.35 bits per heavy atom. The number of carbonyl (C=O) groups is 2. The molecule has 0 radical (unpaired) electrons. The molecule has 0 unspecified atom stereocenters. The standard InChI is InChI=1S/C15H12FNO3/c1-10(18)17-13-4-2-3-5-14(13)20-15(19)11-6-8-12(16)9-7-11/h2-9H,1H3,(H,17,18). The molecule has 0 aliphatic heterocycles. The summed E-state index contributed by atoms with van der Waals surface area (Å²) in [4.78, 5) is 23.0. The minimum absolute atomic E-state index is 0.226. The molecule has 5 heteroatoms. The van der Waals surface area contributed by atoms with Crippen LogP contribution in [-0.4, -0.2) is 11.9 Å². The average Bonchev–Trinajstić information content (AvgIpc) is 2.41. The van der Waals surface area contributed by atoms with E-state index >= 15 is 0 Å². The van der Waals surface area contributed by atoms with Gasteiger partial charge in [-0.2, -0.15) is 0 Å². The van der Waals surface area contributed by atoms with Crippen LogP contribution < -0.4 is 10.1 Å². The second-order valence-corrected chi connectivity index (χ2v) is 4.07. The number of anilines is 1. The molecule has 0 atom stereocenters. The molecule has 0 aliphatic carbocycles. The van der Waals surface area contributed by atoms with Crippen molar-refractivity contribution in [1.82, 2.24) is 0 Å². The topological polar surface area (TPSA) is 55.4 Å². The molecule has 1 amide bonds. The molecule has 102 valence electrons. The molecule has 0 heterocycles. The van der Waals surface area contributed by atoms with Crippen LogP contribution >= 0.6 is 0 Å². The van der Waals surface area contributed by atoms with E-state index in [-0.39, 0.29) is 17.2 Å². The SMILES string of the molecule is CC(=O)Nc1ccccc1OC(=O)c1ccc(F)cc1. The number of amides is 1. The summed E-state index contributed by atoms with van der Waals surface area (Å²) >= 11 is 0. The first-order valence-electron chi connectivity index (χ1n) is 5.90. The van der Waals surface area contributed by atoms with Crippen molar-refractivity contribution < 1.29 is 18.7 Å². The normalized spacial score (nSPS) is 9.90. The third-order valence-corrected chi connectivity index (χ3v) is 2.48.